The van der Waals surface area contributed by atoms with Gasteiger partial charge in [-0.05, 0) is 18.2 Å². The summed E-state index contributed by atoms with van der Waals surface area (Å²) in [5.41, 5.74) is 0. The standard InChI is InChI=1S/C9H16O3/c1-5(2)7-3-6-4-11-9(12-6)8(7)10/h5-10H,3-4H2,1-2H3/t6-,7-,8-,9+/m0/s1/i3D/t3-,6-,7-,8-,9+. The smallest absolute Gasteiger partial charge is 0.184 e. The molecule has 0 aliphatic carbocycles. The molecule has 0 aromatic carbocycles. The molecule has 1 N–H and O–H groups in total. The van der Waals surface area contributed by atoms with E-state index >= 15 is 0 Å². The Morgan fingerprint density at radius 1 is 1.58 bits per heavy atom. The summed E-state index contributed by atoms with van der Waals surface area (Å²) in [6, 6.07) is 0. The van der Waals surface area contributed by atoms with Gasteiger partial charge in [0.25, 0.3) is 0 Å². The maximum Gasteiger partial charge on any atom is 0.184 e. The van der Waals surface area contributed by atoms with E-state index in [0.29, 0.717) is 12.5 Å². The minimum atomic E-state index is -0.638. The van der Waals surface area contributed by atoms with Gasteiger partial charge in [-0.15, -0.1) is 0 Å². The first-order valence-corrected chi connectivity index (χ1v) is 4.48. The minimum absolute atomic E-state index is 0.0220. The van der Waals surface area contributed by atoms with Crippen molar-refractivity contribution < 1.29 is 16.0 Å². The molecule has 2 fully saturated rings. The fourth-order valence-corrected chi connectivity index (χ4v) is 1.88. The molecule has 2 rings (SSSR count). The van der Waals surface area contributed by atoms with Crippen LogP contribution in [-0.2, 0) is 9.47 Å². The number of aliphatic hydroxyl groups excluding tert-OH is 1. The highest BCUT2D eigenvalue weighted by Gasteiger charge is 2.43. The second-order valence-electron chi connectivity index (χ2n) is 3.88. The van der Waals surface area contributed by atoms with Gasteiger partial charge >= 0.3 is 0 Å². The topological polar surface area (TPSA) is 38.7 Å². The number of ether oxygens (including phenoxy) is 2. The van der Waals surface area contributed by atoms with Crippen LogP contribution in [0.2, 0.25) is 0 Å². The van der Waals surface area contributed by atoms with Crippen molar-refractivity contribution in [1.29, 1.82) is 0 Å². The van der Waals surface area contributed by atoms with E-state index in [1.165, 1.54) is 0 Å². The Morgan fingerprint density at radius 2 is 2.33 bits per heavy atom. The van der Waals surface area contributed by atoms with Gasteiger partial charge in [0.2, 0.25) is 0 Å². The lowest BCUT2D eigenvalue weighted by Gasteiger charge is -2.34. The second-order valence-corrected chi connectivity index (χ2v) is 3.88. The average molecular weight is 173 g/mol. The zero-order valence-electron chi connectivity index (χ0n) is 8.43. The quantitative estimate of drug-likeness (QED) is 0.636. The molecule has 2 aliphatic heterocycles. The Morgan fingerprint density at radius 3 is 3.00 bits per heavy atom. The molecule has 3 nitrogen and oxygen atoms in total. The van der Waals surface area contributed by atoms with Crippen LogP contribution >= 0.6 is 0 Å². The molecule has 0 aromatic heterocycles. The van der Waals surface area contributed by atoms with Gasteiger partial charge in [-0.3, -0.25) is 0 Å². The maximum atomic E-state index is 9.83. The highest BCUT2D eigenvalue weighted by atomic mass is 16.7. The molecular weight excluding hydrogens is 156 g/mol. The van der Waals surface area contributed by atoms with Crippen molar-refractivity contribution in [3.05, 3.63) is 0 Å². The molecule has 0 amide bonds. The molecule has 5 atom stereocenters. The van der Waals surface area contributed by atoms with Crippen molar-refractivity contribution in [3.8, 4) is 0 Å². The van der Waals surface area contributed by atoms with Crippen molar-refractivity contribution in [2.24, 2.45) is 11.8 Å². The summed E-state index contributed by atoms with van der Waals surface area (Å²) in [5, 5.41) is 9.83. The van der Waals surface area contributed by atoms with Crippen LogP contribution in [0.15, 0.2) is 0 Å². The minimum Gasteiger partial charge on any atom is -0.388 e. The van der Waals surface area contributed by atoms with Gasteiger partial charge < -0.3 is 14.6 Å². The van der Waals surface area contributed by atoms with Crippen LogP contribution in [0.5, 0.6) is 0 Å². The summed E-state index contributed by atoms with van der Waals surface area (Å²) in [6.45, 7) is 4.51. The molecule has 0 radical (unpaired) electrons. The largest absolute Gasteiger partial charge is 0.388 e. The zero-order chi connectivity index (χ0) is 9.59. The van der Waals surface area contributed by atoms with Gasteiger partial charge in [0, 0.05) is 1.37 Å². The monoisotopic (exact) mass is 173 g/mol. The predicted molar refractivity (Wildman–Crippen MR) is 43.6 cm³/mol. The van der Waals surface area contributed by atoms with Crippen LogP contribution in [0, 0.1) is 11.8 Å². The van der Waals surface area contributed by atoms with Crippen molar-refractivity contribution in [2.45, 2.75) is 38.7 Å². The molecule has 0 unspecified atom stereocenters. The maximum absolute atomic E-state index is 9.83. The van der Waals surface area contributed by atoms with E-state index in [9.17, 15) is 5.11 Å². The van der Waals surface area contributed by atoms with Gasteiger partial charge in [-0.2, -0.15) is 0 Å². The lowest BCUT2D eigenvalue weighted by Crippen LogP contribution is -2.42. The van der Waals surface area contributed by atoms with Crippen LogP contribution in [0.4, 0.5) is 0 Å². The Hall–Kier alpha value is -0.120. The third kappa shape index (κ3) is 1.26. The van der Waals surface area contributed by atoms with Gasteiger partial charge in [0.05, 0.1) is 12.7 Å². The van der Waals surface area contributed by atoms with Crippen molar-refractivity contribution >= 4 is 0 Å². The zero-order valence-corrected chi connectivity index (χ0v) is 7.43. The molecule has 0 aromatic rings. The van der Waals surface area contributed by atoms with E-state index in [4.69, 9.17) is 10.8 Å². The number of aliphatic hydroxyl groups is 1. The first kappa shape index (κ1) is 7.30. The molecular formula is C9H16O3. The van der Waals surface area contributed by atoms with Crippen LogP contribution in [-0.4, -0.2) is 30.2 Å². The Balaban J connectivity index is 2.17. The summed E-state index contributed by atoms with van der Waals surface area (Å²) in [7, 11) is 0. The Bertz CT molecular complexity index is 181. The van der Waals surface area contributed by atoms with Gasteiger partial charge in [-0.25, -0.2) is 0 Å². The van der Waals surface area contributed by atoms with E-state index in [0.717, 1.165) is 0 Å². The van der Waals surface area contributed by atoms with Crippen molar-refractivity contribution in [3.63, 3.8) is 0 Å². The van der Waals surface area contributed by atoms with Gasteiger partial charge in [0.15, 0.2) is 6.29 Å². The number of fused-ring (bicyclic) bond motifs is 2. The molecule has 2 saturated heterocycles. The van der Waals surface area contributed by atoms with Crippen LogP contribution in [0.3, 0.4) is 0 Å². The van der Waals surface area contributed by atoms with Crippen LogP contribution in [0.1, 0.15) is 21.6 Å². The van der Waals surface area contributed by atoms with Gasteiger partial charge in [0.1, 0.15) is 6.10 Å². The van der Waals surface area contributed by atoms with Crippen LogP contribution < -0.4 is 0 Å². The van der Waals surface area contributed by atoms with E-state index in [2.05, 4.69) is 0 Å². The SMILES string of the molecule is [2H][C@@H]1[C@@H](C(C)C)[C@H](O)[C@@H]2OC[C@H]1O2. The van der Waals surface area contributed by atoms with Crippen LogP contribution in [0.25, 0.3) is 0 Å². The summed E-state index contributed by atoms with van der Waals surface area (Å²) in [6.07, 6.45) is -1.62. The summed E-state index contributed by atoms with van der Waals surface area (Å²) < 4.78 is 18.5. The van der Waals surface area contributed by atoms with E-state index in [1.807, 2.05) is 13.8 Å². The normalized spacial score (nSPS) is 54.3. The third-order valence-electron chi connectivity index (χ3n) is 2.61. The van der Waals surface area contributed by atoms with Crippen molar-refractivity contribution in [1.82, 2.24) is 0 Å². The summed E-state index contributed by atoms with van der Waals surface area (Å²) >= 11 is 0. The molecule has 2 bridgehead atoms. The highest BCUT2D eigenvalue weighted by molar-refractivity contribution is 4.86. The number of hydrogen-bond donors (Lipinski definition) is 1. The Labute approximate surface area is 74.1 Å². The molecule has 70 valence electrons. The van der Waals surface area contributed by atoms with E-state index in [-0.39, 0.29) is 18.4 Å². The highest BCUT2D eigenvalue weighted by Crippen LogP contribution is 2.35. The first-order chi connectivity index (χ1) is 6.11. The molecule has 3 heteroatoms. The predicted octanol–water partition coefficient (Wildman–Crippen LogP) is 0.765. The molecule has 2 heterocycles. The number of rotatable bonds is 1. The molecule has 0 saturated carbocycles. The molecule has 0 spiro atoms. The third-order valence-corrected chi connectivity index (χ3v) is 2.61. The fraction of sp³-hybridized carbons (Fsp3) is 1.00. The lowest BCUT2D eigenvalue weighted by atomic mass is 9.84. The average Bonchev–Trinajstić information content (AvgIpc) is 2.46. The van der Waals surface area contributed by atoms with Gasteiger partial charge in [-0.1, -0.05) is 13.8 Å². The first-order valence-electron chi connectivity index (χ1n) is 5.06. The number of hydrogen-bond acceptors (Lipinski definition) is 3. The second kappa shape index (κ2) is 2.98. The van der Waals surface area contributed by atoms with E-state index < -0.39 is 12.4 Å². The fourth-order valence-electron chi connectivity index (χ4n) is 1.88. The summed E-state index contributed by atoms with van der Waals surface area (Å²) in [5.74, 6) is 0.277. The lowest BCUT2D eigenvalue weighted by molar-refractivity contribution is -0.181. The molecule has 12 heavy (non-hydrogen) atoms. The van der Waals surface area contributed by atoms with E-state index in [1.54, 1.807) is 0 Å². The van der Waals surface area contributed by atoms with Crippen molar-refractivity contribution in [2.75, 3.05) is 6.61 Å². The Kier molecular flexibility index (Phi) is 1.81. The summed E-state index contributed by atoms with van der Waals surface area (Å²) in [4.78, 5) is 0. The molecule has 2 aliphatic rings.